The van der Waals surface area contributed by atoms with Crippen molar-refractivity contribution in [1.29, 1.82) is 0 Å². The zero-order valence-electron chi connectivity index (χ0n) is 11.4. The van der Waals surface area contributed by atoms with Crippen molar-refractivity contribution in [2.45, 2.75) is 33.1 Å². The van der Waals surface area contributed by atoms with Crippen molar-refractivity contribution in [3.63, 3.8) is 0 Å². The van der Waals surface area contributed by atoms with E-state index in [4.69, 9.17) is 0 Å². The Labute approximate surface area is 109 Å². The minimum atomic E-state index is 0.155. The van der Waals surface area contributed by atoms with E-state index in [1.807, 2.05) is 28.9 Å². The molecule has 1 fully saturated rings. The van der Waals surface area contributed by atoms with Crippen LogP contribution >= 0.6 is 0 Å². The molecule has 0 atom stereocenters. The van der Waals surface area contributed by atoms with Crippen molar-refractivity contribution in [3.8, 4) is 0 Å². The highest BCUT2D eigenvalue weighted by atomic mass is 16.2. The summed E-state index contributed by atoms with van der Waals surface area (Å²) >= 11 is 0. The van der Waals surface area contributed by atoms with E-state index in [0.717, 1.165) is 38.2 Å². The number of amides is 2. The van der Waals surface area contributed by atoms with E-state index in [2.05, 4.69) is 19.1 Å². The van der Waals surface area contributed by atoms with E-state index in [-0.39, 0.29) is 6.03 Å². The van der Waals surface area contributed by atoms with E-state index in [1.54, 1.807) is 0 Å². The van der Waals surface area contributed by atoms with Crippen LogP contribution in [0.4, 0.5) is 10.5 Å². The lowest BCUT2D eigenvalue weighted by atomic mass is 10.1. The average Bonchev–Trinajstić information content (AvgIpc) is 2.40. The van der Waals surface area contributed by atoms with Gasteiger partial charge in [0.2, 0.25) is 0 Å². The molecule has 0 aromatic heterocycles. The van der Waals surface area contributed by atoms with Gasteiger partial charge in [0, 0.05) is 25.3 Å². The zero-order valence-corrected chi connectivity index (χ0v) is 11.4. The van der Waals surface area contributed by atoms with Gasteiger partial charge in [-0.2, -0.15) is 0 Å². The quantitative estimate of drug-likeness (QED) is 0.784. The number of hydrogen-bond acceptors (Lipinski definition) is 1. The summed E-state index contributed by atoms with van der Waals surface area (Å²) in [6, 6.07) is 8.31. The molecule has 1 aromatic rings. The maximum Gasteiger partial charge on any atom is 0.324 e. The number of piperidine rings is 1. The molecule has 0 spiro atoms. The van der Waals surface area contributed by atoms with Gasteiger partial charge in [-0.25, -0.2) is 4.79 Å². The molecular weight excluding hydrogens is 224 g/mol. The Kier molecular flexibility index (Phi) is 4.24. The Balaban J connectivity index is 2.14. The van der Waals surface area contributed by atoms with E-state index < -0.39 is 0 Å². The lowest BCUT2D eigenvalue weighted by molar-refractivity contribution is 0.193. The summed E-state index contributed by atoms with van der Waals surface area (Å²) in [5, 5.41) is 0. The number of urea groups is 1. The second kappa shape index (κ2) is 5.89. The van der Waals surface area contributed by atoms with Gasteiger partial charge in [0.25, 0.3) is 0 Å². The summed E-state index contributed by atoms with van der Waals surface area (Å²) in [5.74, 6) is 0. The molecular formula is C15H22N2O. The number of benzene rings is 1. The summed E-state index contributed by atoms with van der Waals surface area (Å²) in [5.41, 5.74) is 2.20. The molecule has 2 amide bonds. The van der Waals surface area contributed by atoms with Crippen molar-refractivity contribution in [3.05, 3.63) is 29.8 Å². The SMILES string of the molecule is CCN(C(=O)N1CCCCC1)c1cccc(C)c1. The Morgan fingerprint density at radius 3 is 2.61 bits per heavy atom. The van der Waals surface area contributed by atoms with Crippen molar-refractivity contribution < 1.29 is 4.79 Å². The van der Waals surface area contributed by atoms with Gasteiger partial charge in [0.15, 0.2) is 0 Å². The van der Waals surface area contributed by atoms with E-state index in [1.165, 1.54) is 12.0 Å². The molecule has 3 heteroatoms. The molecule has 1 aliphatic heterocycles. The van der Waals surface area contributed by atoms with Crippen molar-refractivity contribution >= 4 is 11.7 Å². The monoisotopic (exact) mass is 246 g/mol. The van der Waals surface area contributed by atoms with Crippen LogP contribution in [-0.2, 0) is 0 Å². The molecule has 3 nitrogen and oxygen atoms in total. The molecule has 1 saturated heterocycles. The molecule has 0 unspecified atom stereocenters. The first-order chi connectivity index (χ1) is 8.72. The first-order valence-corrected chi connectivity index (χ1v) is 6.85. The van der Waals surface area contributed by atoms with Crippen LogP contribution in [0.25, 0.3) is 0 Å². The Morgan fingerprint density at radius 2 is 2.00 bits per heavy atom. The fourth-order valence-corrected chi connectivity index (χ4v) is 2.48. The second-order valence-corrected chi connectivity index (χ2v) is 4.91. The average molecular weight is 246 g/mol. The van der Waals surface area contributed by atoms with Crippen molar-refractivity contribution in [2.24, 2.45) is 0 Å². The fourth-order valence-electron chi connectivity index (χ4n) is 2.48. The third-order valence-electron chi connectivity index (χ3n) is 3.49. The van der Waals surface area contributed by atoms with Crippen LogP contribution < -0.4 is 4.90 Å². The Hall–Kier alpha value is -1.51. The van der Waals surface area contributed by atoms with E-state index >= 15 is 0 Å². The maximum absolute atomic E-state index is 12.5. The molecule has 0 radical (unpaired) electrons. The summed E-state index contributed by atoms with van der Waals surface area (Å²) in [4.78, 5) is 16.3. The van der Waals surface area contributed by atoms with Crippen LogP contribution in [0.2, 0.25) is 0 Å². The molecule has 1 heterocycles. The van der Waals surface area contributed by atoms with Crippen LogP contribution in [0.1, 0.15) is 31.7 Å². The van der Waals surface area contributed by atoms with Crippen LogP contribution in [-0.4, -0.2) is 30.6 Å². The summed E-state index contributed by atoms with van der Waals surface area (Å²) in [7, 11) is 0. The predicted octanol–water partition coefficient (Wildman–Crippen LogP) is 3.43. The molecule has 1 aromatic carbocycles. The van der Waals surface area contributed by atoms with Gasteiger partial charge < -0.3 is 4.90 Å². The number of hydrogen-bond donors (Lipinski definition) is 0. The first-order valence-electron chi connectivity index (χ1n) is 6.85. The third kappa shape index (κ3) is 2.84. The van der Waals surface area contributed by atoms with Gasteiger partial charge >= 0.3 is 6.03 Å². The molecule has 2 rings (SSSR count). The lowest BCUT2D eigenvalue weighted by Gasteiger charge is -2.32. The largest absolute Gasteiger partial charge is 0.324 e. The van der Waals surface area contributed by atoms with Crippen LogP contribution in [0.15, 0.2) is 24.3 Å². The summed E-state index contributed by atoms with van der Waals surface area (Å²) in [6.45, 7) is 6.62. The zero-order chi connectivity index (χ0) is 13.0. The van der Waals surface area contributed by atoms with Gasteiger partial charge in [-0.15, -0.1) is 0 Å². The highest BCUT2D eigenvalue weighted by Gasteiger charge is 2.22. The molecule has 0 bridgehead atoms. The van der Waals surface area contributed by atoms with Gasteiger partial charge in [0.05, 0.1) is 0 Å². The van der Waals surface area contributed by atoms with Gasteiger partial charge in [-0.1, -0.05) is 12.1 Å². The lowest BCUT2D eigenvalue weighted by Crippen LogP contribution is -2.45. The van der Waals surface area contributed by atoms with Crippen LogP contribution in [0.3, 0.4) is 0 Å². The molecule has 98 valence electrons. The topological polar surface area (TPSA) is 23.6 Å². The van der Waals surface area contributed by atoms with Crippen LogP contribution in [0, 0.1) is 6.92 Å². The molecule has 0 saturated carbocycles. The normalized spacial score (nSPS) is 15.6. The smallest absolute Gasteiger partial charge is 0.324 e. The minimum Gasteiger partial charge on any atom is -0.324 e. The Bertz CT molecular complexity index is 411. The maximum atomic E-state index is 12.5. The summed E-state index contributed by atoms with van der Waals surface area (Å²) in [6.07, 6.45) is 3.52. The first kappa shape index (κ1) is 12.9. The van der Waals surface area contributed by atoms with Gasteiger partial charge in [-0.3, -0.25) is 4.90 Å². The van der Waals surface area contributed by atoms with Gasteiger partial charge in [0.1, 0.15) is 0 Å². The van der Waals surface area contributed by atoms with Crippen LogP contribution in [0.5, 0.6) is 0 Å². The molecule has 1 aliphatic rings. The van der Waals surface area contributed by atoms with E-state index in [9.17, 15) is 4.79 Å². The molecule has 0 aliphatic carbocycles. The number of aryl methyl sites for hydroxylation is 1. The molecule has 18 heavy (non-hydrogen) atoms. The number of rotatable bonds is 2. The molecule has 0 N–H and O–H groups in total. The highest BCUT2D eigenvalue weighted by molar-refractivity contribution is 5.92. The van der Waals surface area contributed by atoms with Crippen molar-refractivity contribution in [2.75, 3.05) is 24.5 Å². The van der Waals surface area contributed by atoms with E-state index in [0.29, 0.717) is 0 Å². The number of nitrogens with zero attached hydrogens (tertiary/aromatic N) is 2. The van der Waals surface area contributed by atoms with Crippen molar-refractivity contribution in [1.82, 2.24) is 4.90 Å². The third-order valence-corrected chi connectivity index (χ3v) is 3.49. The summed E-state index contributed by atoms with van der Waals surface area (Å²) < 4.78 is 0. The standard InChI is InChI=1S/C15H22N2O/c1-3-17(14-9-7-8-13(2)12-14)15(18)16-10-5-4-6-11-16/h7-9,12H,3-6,10-11H2,1-2H3. The minimum absolute atomic E-state index is 0.155. The fraction of sp³-hybridized carbons (Fsp3) is 0.533. The number of carbonyl (C=O) groups excluding carboxylic acids is 1. The Morgan fingerprint density at radius 1 is 1.28 bits per heavy atom. The number of carbonyl (C=O) groups is 1. The van der Waals surface area contributed by atoms with Gasteiger partial charge in [-0.05, 0) is 50.8 Å². The predicted molar refractivity (Wildman–Crippen MR) is 75.0 cm³/mol. The number of likely N-dealkylation sites (tertiary alicyclic amines) is 1. The second-order valence-electron chi connectivity index (χ2n) is 4.91. The highest BCUT2D eigenvalue weighted by Crippen LogP contribution is 2.19. The number of anilines is 1.